The number of nitrogens with one attached hydrogen (secondary N) is 2. The quantitative estimate of drug-likeness (QED) is 0.888. The Hall–Kier alpha value is -2.09. The molecule has 0 saturated carbocycles. The highest BCUT2D eigenvalue weighted by Gasteiger charge is 2.13. The fraction of sp³-hybridized carbons (Fsp3) is 0.250. The molecule has 20 heavy (non-hydrogen) atoms. The molecule has 0 atom stereocenters. The van der Waals surface area contributed by atoms with Gasteiger partial charge in [0.25, 0.3) is 5.91 Å². The lowest BCUT2D eigenvalue weighted by atomic mass is 10.2. The SMILES string of the molecule is CCNc1nnc(C(=O)NCc2cc(F)ccc2F)s1. The van der Waals surface area contributed by atoms with Crippen molar-refractivity contribution in [3.8, 4) is 0 Å². The van der Waals surface area contributed by atoms with Gasteiger partial charge in [-0.05, 0) is 25.1 Å². The van der Waals surface area contributed by atoms with E-state index in [1.54, 1.807) is 0 Å². The van der Waals surface area contributed by atoms with Crippen LogP contribution in [0, 0.1) is 11.6 Å². The molecule has 0 spiro atoms. The molecule has 106 valence electrons. The summed E-state index contributed by atoms with van der Waals surface area (Å²) in [6.07, 6.45) is 0. The molecular formula is C12H12F2N4OS. The highest BCUT2D eigenvalue weighted by Crippen LogP contribution is 2.15. The van der Waals surface area contributed by atoms with E-state index in [1.807, 2.05) is 6.92 Å². The van der Waals surface area contributed by atoms with Crippen LogP contribution in [0.4, 0.5) is 13.9 Å². The molecule has 1 amide bonds. The number of carbonyl (C=O) groups excluding carboxylic acids is 1. The van der Waals surface area contributed by atoms with Gasteiger partial charge in [0.2, 0.25) is 10.1 Å². The van der Waals surface area contributed by atoms with Crippen LogP contribution in [0.5, 0.6) is 0 Å². The van der Waals surface area contributed by atoms with Crippen molar-refractivity contribution in [2.75, 3.05) is 11.9 Å². The molecule has 0 aliphatic heterocycles. The van der Waals surface area contributed by atoms with Crippen molar-refractivity contribution < 1.29 is 13.6 Å². The van der Waals surface area contributed by atoms with Crippen LogP contribution in [0.3, 0.4) is 0 Å². The van der Waals surface area contributed by atoms with Crippen LogP contribution < -0.4 is 10.6 Å². The summed E-state index contributed by atoms with van der Waals surface area (Å²) in [7, 11) is 0. The van der Waals surface area contributed by atoms with Crippen molar-refractivity contribution in [2.45, 2.75) is 13.5 Å². The summed E-state index contributed by atoms with van der Waals surface area (Å²) >= 11 is 1.09. The van der Waals surface area contributed by atoms with Crippen molar-refractivity contribution in [1.82, 2.24) is 15.5 Å². The van der Waals surface area contributed by atoms with Gasteiger partial charge in [0.1, 0.15) is 11.6 Å². The highest BCUT2D eigenvalue weighted by atomic mass is 32.1. The normalized spacial score (nSPS) is 10.3. The zero-order valence-corrected chi connectivity index (χ0v) is 11.4. The molecule has 8 heteroatoms. The van der Waals surface area contributed by atoms with E-state index < -0.39 is 17.5 Å². The Morgan fingerprint density at radius 3 is 2.90 bits per heavy atom. The number of amides is 1. The molecule has 2 N–H and O–H groups in total. The standard InChI is InChI=1S/C12H12F2N4OS/c1-2-15-12-18-17-11(20-12)10(19)16-6-7-5-8(13)3-4-9(7)14/h3-5H,2,6H2,1H3,(H,15,18)(H,16,19). The van der Waals surface area contributed by atoms with Gasteiger partial charge in [-0.3, -0.25) is 4.79 Å². The van der Waals surface area contributed by atoms with Crippen LogP contribution in [-0.4, -0.2) is 22.6 Å². The Morgan fingerprint density at radius 2 is 2.15 bits per heavy atom. The summed E-state index contributed by atoms with van der Waals surface area (Å²) in [6, 6.07) is 3.08. The third kappa shape index (κ3) is 3.47. The van der Waals surface area contributed by atoms with Crippen LogP contribution in [-0.2, 0) is 6.54 Å². The van der Waals surface area contributed by atoms with Gasteiger partial charge in [0.05, 0.1) is 0 Å². The molecule has 2 aromatic rings. The van der Waals surface area contributed by atoms with Crippen LogP contribution in [0.2, 0.25) is 0 Å². The maximum atomic E-state index is 13.4. The van der Waals surface area contributed by atoms with Gasteiger partial charge < -0.3 is 10.6 Å². The molecule has 2 rings (SSSR count). The average Bonchev–Trinajstić information content (AvgIpc) is 2.88. The Morgan fingerprint density at radius 1 is 1.35 bits per heavy atom. The van der Waals surface area contributed by atoms with E-state index in [4.69, 9.17) is 0 Å². The molecule has 0 saturated heterocycles. The second-order valence-electron chi connectivity index (χ2n) is 3.86. The van der Waals surface area contributed by atoms with Crippen molar-refractivity contribution in [3.63, 3.8) is 0 Å². The Labute approximate surface area is 118 Å². The number of carbonyl (C=O) groups is 1. The predicted molar refractivity (Wildman–Crippen MR) is 71.6 cm³/mol. The molecule has 0 aliphatic rings. The van der Waals surface area contributed by atoms with E-state index >= 15 is 0 Å². The molecular weight excluding hydrogens is 286 g/mol. The molecule has 1 aromatic heterocycles. The maximum absolute atomic E-state index is 13.4. The molecule has 0 fully saturated rings. The average molecular weight is 298 g/mol. The first-order valence-electron chi connectivity index (χ1n) is 5.89. The minimum Gasteiger partial charge on any atom is -0.360 e. The van der Waals surface area contributed by atoms with Gasteiger partial charge in [-0.15, -0.1) is 10.2 Å². The third-order valence-electron chi connectivity index (χ3n) is 2.39. The fourth-order valence-electron chi connectivity index (χ4n) is 1.47. The van der Waals surface area contributed by atoms with Crippen molar-refractivity contribution >= 4 is 22.4 Å². The minimum absolute atomic E-state index is 0.0785. The molecule has 5 nitrogen and oxygen atoms in total. The van der Waals surface area contributed by atoms with Crippen molar-refractivity contribution in [2.24, 2.45) is 0 Å². The number of hydrogen-bond acceptors (Lipinski definition) is 5. The summed E-state index contributed by atoms with van der Waals surface area (Å²) in [6.45, 7) is 2.46. The van der Waals surface area contributed by atoms with Gasteiger partial charge in [0, 0.05) is 18.7 Å². The highest BCUT2D eigenvalue weighted by molar-refractivity contribution is 7.17. The Bertz CT molecular complexity index is 617. The van der Waals surface area contributed by atoms with E-state index in [0.717, 1.165) is 29.5 Å². The Kier molecular flexibility index (Phi) is 4.57. The van der Waals surface area contributed by atoms with Crippen LogP contribution in [0.15, 0.2) is 18.2 Å². The fourth-order valence-corrected chi connectivity index (χ4v) is 2.20. The number of hydrogen-bond donors (Lipinski definition) is 2. The van der Waals surface area contributed by atoms with Gasteiger partial charge in [-0.25, -0.2) is 8.78 Å². The summed E-state index contributed by atoms with van der Waals surface area (Å²) in [5.41, 5.74) is 0.0785. The first-order chi connectivity index (χ1) is 9.60. The van der Waals surface area contributed by atoms with Crippen LogP contribution in [0.1, 0.15) is 22.3 Å². The molecule has 1 heterocycles. The summed E-state index contributed by atoms with van der Waals surface area (Å²) in [5, 5.41) is 13.6. The van der Waals surface area contributed by atoms with Gasteiger partial charge in [-0.2, -0.15) is 0 Å². The predicted octanol–water partition coefficient (Wildman–Crippen LogP) is 2.18. The Balaban J connectivity index is 1.99. The topological polar surface area (TPSA) is 66.9 Å². The van der Waals surface area contributed by atoms with E-state index in [2.05, 4.69) is 20.8 Å². The largest absolute Gasteiger partial charge is 0.360 e. The zero-order chi connectivity index (χ0) is 14.5. The summed E-state index contributed by atoms with van der Waals surface area (Å²) in [4.78, 5) is 11.8. The molecule has 0 aliphatic carbocycles. The first-order valence-corrected chi connectivity index (χ1v) is 6.71. The van der Waals surface area contributed by atoms with Crippen LogP contribution in [0.25, 0.3) is 0 Å². The first kappa shape index (κ1) is 14.3. The van der Waals surface area contributed by atoms with Crippen LogP contribution >= 0.6 is 11.3 Å². The number of anilines is 1. The van der Waals surface area contributed by atoms with Gasteiger partial charge >= 0.3 is 0 Å². The number of benzene rings is 1. The van der Waals surface area contributed by atoms with Crippen molar-refractivity contribution in [1.29, 1.82) is 0 Å². The summed E-state index contributed by atoms with van der Waals surface area (Å²) < 4.78 is 26.3. The molecule has 1 aromatic carbocycles. The van der Waals surface area contributed by atoms with Crippen molar-refractivity contribution in [3.05, 3.63) is 40.4 Å². The molecule has 0 radical (unpaired) electrons. The van der Waals surface area contributed by atoms with Gasteiger partial charge in [-0.1, -0.05) is 11.3 Å². The van der Waals surface area contributed by atoms with E-state index in [1.165, 1.54) is 0 Å². The van der Waals surface area contributed by atoms with E-state index in [-0.39, 0.29) is 17.1 Å². The van der Waals surface area contributed by atoms with Gasteiger partial charge in [0.15, 0.2) is 0 Å². The zero-order valence-electron chi connectivity index (χ0n) is 10.6. The molecule has 0 unspecified atom stereocenters. The second-order valence-corrected chi connectivity index (χ2v) is 4.84. The number of aromatic nitrogens is 2. The second kappa shape index (κ2) is 6.38. The lowest BCUT2D eigenvalue weighted by Gasteiger charge is -2.04. The van der Waals surface area contributed by atoms with E-state index in [0.29, 0.717) is 11.7 Å². The summed E-state index contributed by atoms with van der Waals surface area (Å²) in [5.74, 6) is -1.60. The number of nitrogens with zero attached hydrogens (tertiary/aromatic N) is 2. The monoisotopic (exact) mass is 298 g/mol. The minimum atomic E-state index is -0.572. The lowest BCUT2D eigenvalue weighted by Crippen LogP contribution is -2.23. The number of rotatable bonds is 5. The smallest absolute Gasteiger partial charge is 0.282 e. The number of halogens is 2. The third-order valence-corrected chi connectivity index (χ3v) is 3.27. The molecule has 0 bridgehead atoms. The van der Waals surface area contributed by atoms with E-state index in [9.17, 15) is 13.6 Å². The lowest BCUT2D eigenvalue weighted by molar-refractivity contribution is 0.0949. The maximum Gasteiger partial charge on any atom is 0.282 e.